The summed E-state index contributed by atoms with van der Waals surface area (Å²) in [5.41, 5.74) is -0.710. The number of fused-ring (bicyclic) bond motifs is 4. The second kappa shape index (κ2) is 12.1. The fourth-order valence-electron chi connectivity index (χ4n) is 6.67. The monoisotopic (exact) mass is 638 g/mol. The molecule has 2 aliphatic rings. The van der Waals surface area contributed by atoms with E-state index in [0.29, 0.717) is 47.4 Å². The van der Waals surface area contributed by atoms with E-state index >= 15 is 13.2 Å². The number of methoxy groups -OCH3 is 2. The second-order valence-corrected chi connectivity index (χ2v) is 12.7. The van der Waals surface area contributed by atoms with Crippen molar-refractivity contribution >= 4 is 33.6 Å². The zero-order valence-electron chi connectivity index (χ0n) is 26.7. The topological polar surface area (TPSA) is 86.3 Å². The summed E-state index contributed by atoms with van der Waals surface area (Å²) in [6, 6.07) is 6.84. The molecule has 0 radical (unpaired) electrons. The van der Waals surface area contributed by atoms with Gasteiger partial charge in [0.25, 0.3) is 0 Å². The summed E-state index contributed by atoms with van der Waals surface area (Å²) < 4.78 is 69.9. The molecule has 4 aromatic rings. The number of rotatable bonds is 7. The highest BCUT2D eigenvalue weighted by Gasteiger charge is 2.45. The number of nitrogens with zero attached hydrogens (tertiary/aromatic N) is 4. The Balaban J connectivity index is 1.49. The van der Waals surface area contributed by atoms with Crippen LogP contribution >= 0.6 is 0 Å². The van der Waals surface area contributed by atoms with Gasteiger partial charge in [-0.1, -0.05) is 13.0 Å². The zero-order valence-corrected chi connectivity index (χ0v) is 26.7. The molecule has 1 amide bonds. The van der Waals surface area contributed by atoms with Crippen LogP contribution in [0.5, 0.6) is 11.8 Å². The number of amides is 1. The Labute approximate surface area is 265 Å². The number of carbonyl (C=O) groups excluding carboxylic acids is 1. The average molecular weight is 639 g/mol. The number of anilines is 1. The smallest absolute Gasteiger partial charge is 0.410 e. The lowest BCUT2D eigenvalue weighted by Crippen LogP contribution is -2.57. The van der Waals surface area contributed by atoms with Gasteiger partial charge in [0, 0.05) is 25.6 Å². The highest BCUT2D eigenvalue weighted by atomic mass is 19.1. The molecule has 2 fully saturated rings. The molecule has 46 heavy (non-hydrogen) atoms. The molecule has 0 spiro atoms. The van der Waals surface area contributed by atoms with Crippen LogP contribution in [0.15, 0.2) is 30.3 Å². The maximum atomic E-state index is 16.8. The molecule has 3 heterocycles. The molecule has 3 aromatic carbocycles. The van der Waals surface area contributed by atoms with Crippen molar-refractivity contribution < 1.29 is 36.9 Å². The van der Waals surface area contributed by atoms with Crippen molar-refractivity contribution in [1.29, 1.82) is 0 Å². The Hall–Kier alpha value is -4.32. The third kappa shape index (κ3) is 5.63. The fraction of sp³-hybridized carbons (Fsp3) is 0.441. The number of hydrogen-bond acceptors (Lipinski definition) is 8. The molecule has 9 nitrogen and oxygen atoms in total. The van der Waals surface area contributed by atoms with Gasteiger partial charge in [0.1, 0.15) is 34.3 Å². The van der Waals surface area contributed by atoms with Crippen LogP contribution in [-0.2, 0) is 15.9 Å². The van der Waals surface area contributed by atoms with Crippen molar-refractivity contribution in [2.75, 3.05) is 39.0 Å². The summed E-state index contributed by atoms with van der Waals surface area (Å²) in [7, 11) is 2.83. The third-order valence-corrected chi connectivity index (χ3v) is 8.52. The maximum Gasteiger partial charge on any atom is 0.410 e. The van der Waals surface area contributed by atoms with Crippen LogP contribution in [0, 0.1) is 17.5 Å². The van der Waals surface area contributed by atoms with Crippen LogP contribution in [0.2, 0.25) is 0 Å². The minimum atomic E-state index is -0.941. The first-order chi connectivity index (χ1) is 21.9. The van der Waals surface area contributed by atoms with Gasteiger partial charge in [-0.2, -0.15) is 9.97 Å². The van der Waals surface area contributed by atoms with Gasteiger partial charge in [-0.15, -0.1) is 0 Å². The molecule has 6 rings (SSSR count). The summed E-state index contributed by atoms with van der Waals surface area (Å²) in [6.07, 6.45) is 1.44. The van der Waals surface area contributed by atoms with E-state index in [1.54, 1.807) is 24.0 Å². The van der Waals surface area contributed by atoms with Gasteiger partial charge in [-0.3, -0.25) is 4.90 Å². The van der Waals surface area contributed by atoms with Crippen LogP contribution < -0.4 is 14.4 Å². The molecular weight excluding hydrogens is 601 g/mol. The highest BCUT2D eigenvalue weighted by molar-refractivity contribution is 6.03. The van der Waals surface area contributed by atoms with Gasteiger partial charge in [-0.05, 0) is 86.2 Å². The first kappa shape index (κ1) is 31.7. The van der Waals surface area contributed by atoms with Crippen LogP contribution in [0.3, 0.4) is 0 Å². The molecule has 0 N–H and O–H groups in total. The SMILES string of the molecule is CCc1c(F)ccc2cc(OCOC)cc(-c3c(F)cc4c(N5CC6CCC(C5)N6C(=O)OC(C)(C)C)nc(OC)nc4c3F)c12. The van der Waals surface area contributed by atoms with Gasteiger partial charge in [-0.25, -0.2) is 18.0 Å². The fourth-order valence-corrected chi connectivity index (χ4v) is 6.67. The maximum absolute atomic E-state index is 16.8. The highest BCUT2D eigenvalue weighted by Crippen LogP contribution is 2.43. The van der Waals surface area contributed by atoms with E-state index in [1.165, 1.54) is 32.4 Å². The first-order valence-corrected chi connectivity index (χ1v) is 15.3. The van der Waals surface area contributed by atoms with Gasteiger partial charge < -0.3 is 23.8 Å². The molecule has 2 atom stereocenters. The van der Waals surface area contributed by atoms with Gasteiger partial charge in [0.15, 0.2) is 12.6 Å². The Bertz CT molecular complexity index is 1820. The lowest BCUT2D eigenvalue weighted by atomic mass is 9.91. The Kier molecular flexibility index (Phi) is 8.34. The van der Waals surface area contributed by atoms with E-state index in [1.807, 2.05) is 25.7 Å². The molecule has 0 saturated carbocycles. The standard InChI is InChI=1S/C34H37F3N4O5/c1-7-22-25(35)11-8-18-12-21(45-17-43-5)13-23(27(18)22)28-26(36)14-24-30(29(28)37)38-32(44-6)39-31(24)40-15-19-9-10-20(16-40)41(19)33(42)46-34(2,3)4/h8,11-14,19-20H,7,9-10,15-17H2,1-6H3. The molecule has 2 saturated heterocycles. The van der Waals surface area contributed by atoms with E-state index < -0.39 is 23.1 Å². The Morgan fingerprint density at radius 3 is 2.35 bits per heavy atom. The molecular formula is C34H37F3N4O5. The van der Waals surface area contributed by atoms with Crippen molar-refractivity contribution in [3.63, 3.8) is 0 Å². The first-order valence-electron chi connectivity index (χ1n) is 15.3. The van der Waals surface area contributed by atoms with Crippen molar-refractivity contribution in [3.8, 4) is 22.9 Å². The summed E-state index contributed by atoms with van der Waals surface area (Å²) in [4.78, 5) is 25.6. The number of piperazine rings is 1. The molecule has 2 bridgehead atoms. The molecule has 1 aromatic heterocycles. The Morgan fingerprint density at radius 2 is 1.72 bits per heavy atom. The minimum Gasteiger partial charge on any atom is -0.468 e. The van der Waals surface area contributed by atoms with Crippen LogP contribution in [-0.4, -0.2) is 72.7 Å². The average Bonchev–Trinajstić information content (AvgIpc) is 3.28. The zero-order chi connectivity index (χ0) is 32.9. The van der Waals surface area contributed by atoms with E-state index in [4.69, 9.17) is 18.9 Å². The molecule has 2 aliphatic heterocycles. The third-order valence-electron chi connectivity index (χ3n) is 8.52. The summed E-state index contributed by atoms with van der Waals surface area (Å²) in [5.74, 6) is -1.68. The number of ether oxygens (including phenoxy) is 4. The van der Waals surface area contributed by atoms with E-state index in [2.05, 4.69) is 9.97 Å². The van der Waals surface area contributed by atoms with Crippen molar-refractivity contribution in [2.24, 2.45) is 0 Å². The van der Waals surface area contributed by atoms with Gasteiger partial charge >= 0.3 is 12.1 Å². The molecule has 0 aliphatic carbocycles. The molecule has 244 valence electrons. The van der Waals surface area contributed by atoms with Crippen molar-refractivity contribution in [2.45, 2.75) is 64.6 Å². The largest absolute Gasteiger partial charge is 0.468 e. The quantitative estimate of drug-likeness (QED) is 0.200. The number of carbonyl (C=O) groups is 1. The predicted molar refractivity (Wildman–Crippen MR) is 168 cm³/mol. The molecule has 2 unspecified atom stereocenters. The lowest BCUT2D eigenvalue weighted by molar-refractivity contribution is 0.0122. The summed E-state index contributed by atoms with van der Waals surface area (Å²) in [6.45, 7) is 7.94. The number of benzene rings is 3. The summed E-state index contributed by atoms with van der Waals surface area (Å²) >= 11 is 0. The number of aromatic nitrogens is 2. The van der Waals surface area contributed by atoms with E-state index in [0.717, 1.165) is 12.8 Å². The minimum absolute atomic E-state index is 0.0908. The van der Waals surface area contributed by atoms with E-state index in [-0.39, 0.29) is 53.0 Å². The number of halogens is 3. The number of hydrogen-bond donors (Lipinski definition) is 0. The predicted octanol–water partition coefficient (Wildman–Crippen LogP) is 7.01. The van der Waals surface area contributed by atoms with Gasteiger partial charge in [0.05, 0.1) is 24.8 Å². The summed E-state index contributed by atoms with van der Waals surface area (Å²) in [5, 5.41) is 1.09. The van der Waals surface area contributed by atoms with Crippen LogP contribution in [0.25, 0.3) is 32.8 Å². The lowest BCUT2D eigenvalue weighted by Gasteiger charge is -2.42. The van der Waals surface area contributed by atoms with Gasteiger partial charge in [0.2, 0.25) is 0 Å². The van der Waals surface area contributed by atoms with Crippen molar-refractivity contribution in [1.82, 2.24) is 14.9 Å². The van der Waals surface area contributed by atoms with Crippen molar-refractivity contribution in [3.05, 3.63) is 53.3 Å². The number of aryl methyl sites for hydroxylation is 1. The second-order valence-electron chi connectivity index (χ2n) is 12.7. The van der Waals surface area contributed by atoms with Crippen LogP contribution in [0.1, 0.15) is 46.1 Å². The normalized spacial score (nSPS) is 18.0. The van der Waals surface area contributed by atoms with E-state index in [9.17, 15) is 4.79 Å². The molecule has 12 heteroatoms. The Morgan fingerprint density at radius 1 is 1.00 bits per heavy atom. The van der Waals surface area contributed by atoms with Crippen LogP contribution in [0.4, 0.5) is 23.8 Å².